The van der Waals surface area contributed by atoms with Gasteiger partial charge in [0, 0.05) is 11.1 Å². The molecule has 2 aromatic rings. The number of primary amides is 1. The average molecular weight is 247 g/mol. The number of carbonyl (C=O) groups excluding carboxylic acids is 2. The Morgan fingerprint density at radius 3 is 2.94 bits per heavy atom. The monoisotopic (exact) mass is 247 g/mol. The highest BCUT2D eigenvalue weighted by Gasteiger charge is 2.16. The van der Waals surface area contributed by atoms with Crippen LogP contribution in [-0.2, 0) is 9.59 Å². The number of aromatic nitrogens is 2. The molecule has 0 bridgehead atoms. The minimum atomic E-state index is -0.942. The summed E-state index contributed by atoms with van der Waals surface area (Å²) in [7, 11) is 0. The molecule has 0 aliphatic heterocycles. The molecule has 0 aliphatic carbocycles. The predicted octanol–water partition coefficient (Wildman–Crippen LogP) is -0.296. The normalized spacial score (nSPS) is 12.3. The van der Waals surface area contributed by atoms with Crippen molar-refractivity contribution < 1.29 is 9.59 Å². The number of nitrogens with one attached hydrogen (secondary N) is 2. The summed E-state index contributed by atoms with van der Waals surface area (Å²) in [5.74, 6) is -1.06. The first-order chi connectivity index (χ1) is 8.56. The lowest BCUT2D eigenvalue weighted by Gasteiger charge is -2.10. The largest absolute Gasteiger partial charge is 0.370 e. The van der Waals surface area contributed by atoms with Crippen LogP contribution in [0.4, 0.5) is 5.69 Å². The second-order valence-corrected chi connectivity index (χ2v) is 3.94. The highest BCUT2D eigenvalue weighted by atomic mass is 16.2. The van der Waals surface area contributed by atoms with Crippen molar-refractivity contribution in [3.05, 3.63) is 24.4 Å². The van der Waals surface area contributed by atoms with Gasteiger partial charge in [0.2, 0.25) is 11.8 Å². The molecule has 1 heterocycles. The molecule has 7 heteroatoms. The third-order valence-corrected chi connectivity index (χ3v) is 2.47. The fourth-order valence-corrected chi connectivity index (χ4v) is 1.56. The first-order valence-corrected chi connectivity index (χ1v) is 5.34. The van der Waals surface area contributed by atoms with E-state index in [-0.39, 0.29) is 6.42 Å². The van der Waals surface area contributed by atoms with Crippen LogP contribution in [-0.4, -0.2) is 28.1 Å². The van der Waals surface area contributed by atoms with Crippen molar-refractivity contribution in [1.29, 1.82) is 0 Å². The number of H-pyrrole nitrogens is 1. The van der Waals surface area contributed by atoms with Gasteiger partial charge in [-0.3, -0.25) is 14.7 Å². The van der Waals surface area contributed by atoms with Gasteiger partial charge in [0.25, 0.3) is 0 Å². The van der Waals surface area contributed by atoms with Crippen LogP contribution in [0.15, 0.2) is 24.4 Å². The van der Waals surface area contributed by atoms with Crippen molar-refractivity contribution in [2.45, 2.75) is 12.5 Å². The Bertz CT molecular complexity index is 592. The molecule has 1 atom stereocenters. The molecule has 1 aromatic carbocycles. The summed E-state index contributed by atoms with van der Waals surface area (Å²) >= 11 is 0. The van der Waals surface area contributed by atoms with Crippen molar-refractivity contribution in [2.24, 2.45) is 11.5 Å². The molecule has 0 radical (unpaired) electrons. The van der Waals surface area contributed by atoms with Crippen LogP contribution >= 0.6 is 0 Å². The van der Waals surface area contributed by atoms with E-state index in [0.29, 0.717) is 5.69 Å². The van der Waals surface area contributed by atoms with Crippen molar-refractivity contribution in [3.63, 3.8) is 0 Å². The summed E-state index contributed by atoms with van der Waals surface area (Å²) in [6.45, 7) is 0. The van der Waals surface area contributed by atoms with Gasteiger partial charge in [-0.25, -0.2) is 0 Å². The molecule has 2 rings (SSSR count). The van der Waals surface area contributed by atoms with Crippen LogP contribution < -0.4 is 16.8 Å². The highest BCUT2D eigenvalue weighted by Crippen LogP contribution is 2.16. The van der Waals surface area contributed by atoms with Gasteiger partial charge in [0.1, 0.15) is 0 Å². The lowest BCUT2D eigenvalue weighted by atomic mass is 10.2. The molecule has 18 heavy (non-hydrogen) atoms. The summed E-state index contributed by atoms with van der Waals surface area (Å²) in [6, 6.07) is 4.32. The molecule has 6 N–H and O–H groups in total. The Hall–Kier alpha value is -2.41. The second-order valence-electron chi connectivity index (χ2n) is 3.94. The van der Waals surface area contributed by atoms with Crippen LogP contribution in [0.5, 0.6) is 0 Å². The zero-order chi connectivity index (χ0) is 13.1. The van der Waals surface area contributed by atoms with E-state index in [1.165, 1.54) is 0 Å². The molecule has 94 valence electrons. The van der Waals surface area contributed by atoms with Crippen LogP contribution in [0.2, 0.25) is 0 Å². The maximum absolute atomic E-state index is 11.7. The molecule has 0 spiro atoms. The van der Waals surface area contributed by atoms with Gasteiger partial charge in [-0.2, -0.15) is 5.10 Å². The van der Waals surface area contributed by atoms with Crippen LogP contribution in [0.1, 0.15) is 6.42 Å². The van der Waals surface area contributed by atoms with E-state index in [1.54, 1.807) is 24.4 Å². The number of hydrogen-bond donors (Lipinski definition) is 4. The summed E-state index contributed by atoms with van der Waals surface area (Å²) < 4.78 is 0. The molecule has 0 fully saturated rings. The number of rotatable bonds is 4. The topological polar surface area (TPSA) is 127 Å². The van der Waals surface area contributed by atoms with Gasteiger partial charge in [-0.15, -0.1) is 0 Å². The van der Waals surface area contributed by atoms with E-state index in [4.69, 9.17) is 11.5 Å². The lowest BCUT2D eigenvalue weighted by molar-refractivity contribution is -0.123. The molecule has 2 amide bonds. The van der Waals surface area contributed by atoms with Gasteiger partial charge in [-0.05, 0) is 18.2 Å². The number of aromatic amines is 1. The maximum Gasteiger partial charge on any atom is 0.241 e. The van der Waals surface area contributed by atoms with Gasteiger partial charge in [0.05, 0.1) is 24.2 Å². The summed E-state index contributed by atoms with van der Waals surface area (Å²) in [5.41, 5.74) is 12.0. The Balaban J connectivity index is 2.08. The van der Waals surface area contributed by atoms with Crippen molar-refractivity contribution in [1.82, 2.24) is 10.2 Å². The number of fused-ring (bicyclic) bond motifs is 1. The molecular formula is C11H13N5O2. The minimum Gasteiger partial charge on any atom is -0.370 e. The van der Waals surface area contributed by atoms with Gasteiger partial charge < -0.3 is 16.8 Å². The third-order valence-electron chi connectivity index (χ3n) is 2.47. The number of carbonyl (C=O) groups is 2. The number of hydrogen-bond acceptors (Lipinski definition) is 4. The molecule has 1 unspecified atom stereocenters. The predicted molar refractivity (Wildman–Crippen MR) is 66.5 cm³/mol. The molecule has 7 nitrogen and oxygen atoms in total. The Labute approximate surface area is 103 Å². The second kappa shape index (κ2) is 4.84. The molecule has 0 aliphatic rings. The highest BCUT2D eigenvalue weighted by molar-refractivity contribution is 5.98. The van der Waals surface area contributed by atoms with E-state index < -0.39 is 17.9 Å². The van der Waals surface area contributed by atoms with E-state index in [1.807, 2.05) is 0 Å². The molecule has 1 aromatic heterocycles. The molecule has 0 saturated carbocycles. The standard InChI is InChI=1S/C11H13N5O2/c12-8(4-10(13)17)11(18)15-7-1-2-9-6(3-7)5-14-16-9/h1-3,5,8H,4,12H2,(H2,13,17)(H,14,16)(H,15,18). The molecule has 0 saturated heterocycles. The first kappa shape index (κ1) is 12.1. The van der Waals surface area contributed by atoms with Crippen molar-refractivity contribution in [2.75, 3.05) is 5.32 Å². The first-order valence-electron chi connectivity index (χ1n) is 5.34. The number of benzene rings is 1. The van der Waals surface area contributed by atoms with E-state index in [2.05, 4.69) is 15.5 Å². The Morgan fingerprint density at radius 2 is 2.22 bits per heavy atom. The van der Waals surface area contributed by atoms with Gasteiger partial charge >= 0.3 is 0 Å². The van der Waals surface area contributed by atoms with Crippen molar-refractivity contribution >= 4 is 28.4 Å². The lowest BCUT2D eigenvalue weighted by Crippen LogP contribution is -2.38. The quantitative estimate of drug-likeness (QED) is 0.591. The Kier molecular flexibility index (Phi) is 3.24. The van der Waals surface area contributed by atoms with Crippen LogP contribution in [0, 0.1) is 0 Å². The van der Waals surface area contributed by atoms with E-state index in [9.17, 15) is 9.59 Å². The van der Waals surface area contributed by atoms with Gasteiger partial charge in [-0.1, -0.05) is 0 Å². The SMILES string of the molecule is NC(=O)CC(N)C(=O)Nc1ccc2[nH]ncc2c1. The third kappa shape index (κ3) is 2.64. The fourth-order valence-electron chi connectivity index (χ4n) is 1.56. The van der Waals surface area contributed by atoms with E-state index >= 15 is 0 Å². The average Bonchev–Trinajstić information content (AvgIpc) is 2.75. The number of anilines is 1. The Morgan fingerprint density at radius 1 is 1.44 bits per heavy atom. The fraction of sp³-hybridized carbons (Fsp3) is 0.182. The van der Waals surface area contributed by atoms with E-state index in [0.717, 1.165) is 10.9 Å². The van der Waals surface area contributed by atoms with Crippen molar-refractivity contribution in [3.8, 4) is 0 Å². The number of nitrogens with zero attached hydrogens (tertiary/aromatic N) is 1. The maximum atomic E-state index is 11.7. The smallest absolute Gasteiger partial charge is 0.241 e. The number of nitrogens with two attached hydrogens (primary N) is 2. The van der Waals surface area contributed by atoms with Gasteiger partial charge in [0.15, 0.2) is 0 Å². The zero-order valence-electron chi connectivity index (χ0n) is 9.51. The summed E-state index contributed by atoms with van der Waals surface area (Å²) in [6.07, 6.45) is 1.47. The summed E-state index contributed by atoms with van der Waals surface area (Å²) in [5, 5.41) is 10.2. The number of amides is 2. The van der Waals surface area contributed by atoms with Crippen LogP contribution in [0.3, 0.4) is 0 Å². The molecular weight excluding hydrogens is 234 g/mol. The van der Waals surface area contributed by atoms with Crippen LogP contribution in [0.25, 0.3) is 10.9 Å². The summed E-state index contributed by atoms with van der Waals surface area (Å²) in [4.78, 5) is 22.3. The minimum absolute atomic E-state index is 0.181. The zero-order valence-corrected chi connectivity index (χ0v) is 9.51.